The number of anilines is 1. The Morgan fingerprint density at radius 2 is 1.55 bits per heavy atom. The van der Waals surface area contributed by atoms with E-state index in [-0.39, 0.29) is 29.1 Å². The standard InChI is InChI=1S/C24H23FN2O3S/c1-17-3-2-4-20(13-17)27-24(29)16-31-15-23(28)26-14-18-5-9-21(10-6-18)30-22-11-7-19(25)8-12-22/h2-13H,14-16H2,1H3,(H,26,28)(H,27,29). The zero-order chi connectivity index (χ0) is 22.1. The number of carbonyl (C=O) groups excluding carboxylic acids is 2. The van der Waals surface area contributed by atoms with Crippen LogP contribution in [0.5, 0.6) is 11.5 Å². The molecule has 3 aromatic rings. The number of ether oxygens (including phenoxy) is 1. The molecule has 31 heavy (non-hydrogen) atoms. The minimum atomic E-state index is -0.316. The van der Waals surface area contributed by atoms with E-state index in [4.69, 9.17) is 4.74 Å². The van der Waals surface area contributed by atoms with Crippen molar-refractivity contribution in [2.24, 2.45) is 0 Å². The van der Waals surface area contributed by atoms with Crippen molar-refractivity contribution >= 4 is 29.3 Å². The van der Waals surface area contributed by atoms with Crippen molar-refractivity contribution in [2.45, 2.75) is 13.5 Å². The van der Waals surface area contributed by atoms with E-state index in [0.717, 1.165) is 16.8 Å². The van der Waals surface area contributed by atoms with Crippen LogP contribution in [-0.4, -0.2) is 23.3 Å². The van der Waals surface area contributed by atoms with E-state index in [1.54, 1.807) is 24.3 Å². The zero-order valence-corrected chi connectivity index (χ0v) is 17.9. The highest BCUT2D eigenvalue weighted by molar-refractivity contribution is 8.00. The van der Waals surface area contributed by atoms with Gasteiger partial charge in [-0.05, 0) is 66.6 Å². The lowest BCUT2D eigenvalue weighted by atomic mass is 10.2. The van der Waals surface area contributed by atoms with Gasteiger partial charge in [0.25, 0.3) is 0 Å². The molecule has 0 heterocycles. The summed E-state index contributed by atoms with van der Waals surface area (Å²) in [7, 11) is 0. The zero-order valence-electron chi connectivity index (χ0n) is 17.1. The number of aryl methyl sites for hydroxylation is 1. The van der Waals surface area contributed by atoms with Crippen LogP contribution >= 0.6 is 11.8 Å². The predicted octanol–water partition coefficient (Wildman–Crippen LogP) is 4.91. The van der Waals surface area contributed by atoms with E-state index in [2.05, 4.69) is 10.6 Å². The number of benzene rings is 3. The second kappa shape index (κ2) is 11.2. The molecule has 5 nitrogen and oxygen atoms in total. The summed E-state index contributed by atoms with van der Waals surface area (Å²) in [6, 6.07) is 20.6. The fourth-order valence-corrected chi connectivity index (χ4v) is 3.37. The highest BCUT2D eigenvalue weighted by Gasteiger charge is 2.07. The molecule has 0 aliphatic rings. The van der Waals surface area contributed by atoms with Crippen molar-refractivity contribution in [3.8, 4) is 11.5 Å². The Labute approximate surface area is 185 Å². The first-order valence-corrected chi connectivity index (χ1v) is 10.9. The maximum absolute atomic E-state index is 12.9. The number of carbonyl (C=O) groups is 2. The van der Waals surface area contributed by atoms with E-state index < -0.39 is 0 Å². The Morgan fingerprint density at radius 3 is 2.23 bits per heavy atom. The van der Waals surface area contributed by atoms with Crippen LogP contribution in [-0.2, 0) is 16.1 Å². The van der Waals surface area contributed by atoms with Gasteiger partial charge in [0.05, 0.1) is 11.5 Å². The van der Waals surface area contributed by atoms with Gasteiger partial charge in [-0.1, -0.05) is 24.3 Å². The summed E-state index contributed by atoms with van der Waals surface area (Å²) in [5.41, 5.74) is 2.74. The van der Waals surface area contributed by atoms with Gasteiger partial charge in [-0.15, -0.1) is 11.8 Å². The largest absolute Gasteiger partial charge is 0.457 e. The van der Waals surface area contributed by atoms with Gasteiger partial charge in [-0.2, -0.15) is 0 Å². The van der Waals surface area contributed by atoms with E-state index >= 15 is 0 Å². The van der Waals surface area contributed by atoms with E-state index in [9.17, 15) is 14.0 Å². The Bertz CT molecular complexity index is 1020. The van der Waals surface area contributed by atoms with Crippen LogP contribution in [0.25, 0.3) is 0 Å². The highest BCUT2D eigenvalue weighted by atomic mass is 32.2. The van der Waals surface area contributed by atoms with Gasteiger partial charge in [0.15, 0.2) is 0 Å². The molecule has 3 rings (SSSR count). The predicted molar refractivity (Wildman–Crippen MR) is 122 cm³/mol. The average molecular weight is 439 g/mol. The third kappa shape index (κ3) is 7.79. The van der Waals surface area contributed by atoms with Crippen molar-refractivity contribution in [1.29, 1.82) is 0 Å². The second-order valence-corrected chi connectivity index (χ2v) is 7.87. The number of amides is 2. The SMILES string of the molecule is Cc1cccc(NC(=O)CSCC(=O)NCc2ccc(Oc3ccc(F)cc3)cc2)c1. The highest BCUT2D eigenvalue weighted by Crippen LogP contribution is 2.21. The summed E-state index contributed by atoms with van der Waals surface area (Å²) >= 11 is 1.26. The van der Waals surface area contributed by atoms with Crippen molar-refractivity contribution in [3.63, 3.8) is 0 Å². The first kappa shape index (κ1) is 22.4. The van der Waals surface area contributed by atoms with Gasteiger partial charge < -0.3 is 15.4 Å². The fourth-order valence-electron chi connectivity index (χ4n) is 2.72. The van der Waals surface area contributed by atoms with Crippen LogP contribution in [0.1, 0.15) is 11.1 Å². The molecule has 0 bridgehead atoms. The molecule has 0 spiro atoms. The number of halogens is 1. The summed E-state index contributed by atoms with van der Waals surface area (Å²) in [6.07, 6.45) is 0. The Kier molecular flexibility index (Phi) is 8.06. The van der Waals surface area contributed by atoms with Crippen LogP contribution in [0.15, 0.2) is 72.8 Å². The van der Waals surface area contributed by atoms with Crippen LogP contribution in [0.3, 0.4) is 0 Å². The van der Waals surface area contributed by atoms with E-state index in [0.29, 0.717) is 18.0 Å². The summed E-state index contributed by atoms with van der Waals surface area (Å²) < 4.78 is 18.6. The molecule has 0 fully saturated rings. The van der Waals surface area contributed by atoms with Crippen molar-refractivity contribution in [2.75, 3.05) is 16.8 Å². The number of rotatable bonds is 9. The first-order valence-electron chi connectivity index (χ1n) is 9.71. The second-order valence-electron chi connectivity index (χ2n) is 6.89. The molecule has 0 aliphatic carbocycles. The van der Waals surface area contributed by atoms with Gasteiger partial charge in [0, 0.05) is 12.2 Å². The topological polar surface area (TPSA) is 67.4 Å². The Balaban J connectivity index is 1.35. The molecule has 7 heteroatoms. The number of nitrogens with one attached hydrogen (secondary N) is 2. The van der Waals surface area contributed by atoms with E-state index in [1.165, 1.54) is 23.9 Å². The van der Waals surface area contributed by atoms with Gasteiger partial charge in [0.1, 0.15) is 17.3 Å². The van der Waals surface area contributed by atoms with Crippen molar-refractivity contribution in [1.82, 2.24) is 5.32 Å². The van der Waals surface area contributed by atoms with E-state index in [1.807, 2.05) is 43.3 Å². The molecule has 2 N–H and O–H groups in total. The minimum Gasteiger partial charge on any atom is -0.457 e. The van der Waals surface area contributed by atoms with Crippen LogP contribution in [0.4, 0.5) is 10.1 Å². The molecule has 0 aliphatic heterocycles. The Morgan fingerprint density at radius 1 is 0.903 bits per heavy atom. The number of hydrogen-bond donors (Lipinski definition) is 2. The van der Waals surface area contributed by atoms with Gasteiger partial charge in [-0.25, -0.2) is 4.39 Å². The summed E-state index contributed by atoms with van der Waals surface area (Å²) in [4.78, 5) is 24.0. The van der Waals surface area contributed by atoms with Crippen molar-refractivity contribution in [3.05, 3.63) is 89.7 Å². The molecule has 0 saturated heterocycles. The number of hydrogen-bond acceptors (Lipinski definition) is 4. The molecule has 0 unspecified atom stereocenters. The minimum absolute atomic E-state index is 0.139. The third-order valence-electron chi connectivity index (χ3n) is 4.23. The maximum Gasteiger partial charge on any atom is 0.234 e. The average Bonchev–Trinajstić information content (AvgIpc) is 2.75. The van der Waals surface area contributed by atoms with Gasteiger partial charge in [0.2, 0.25) is 11.8 Å². The fraction of sp³-hybridized carbons (Fsp3) is 0.167. The molecule has 0 aromatic heterocycles. The molecule has 2 amide bonds. The summed E-state index contributed by atoms with van der Waals surface area (Å²) in [6.45, 7) is 2.34. The molecule has 0 radical (unpaired) electrons. The monoisotopic (exact) mass is 438 g/mol. The first-order chi connectivity index (χ1) is 15.0. The lowest BCUT2D eigenvalue weighted by molar-refractivity contribution is -0.118. The molecule has 160 valence electrons. The van der Waals surface area contributed by atoms with Crippen LogP contribution in [0.2, 0.25) is 0 Å². The summed E-state index contributed by atoms with van der Waals surface area (Å²) in [5, 5.41) is 5.65. The molecular weight excluding hydrogens is 415 g/mol. The summed E-state index contributed by atoms with van der Waals surface area (Å²) in [5.74, 6) is 0.982. The maximum atomic E-state index is 12.9. The molecule has 0 saturated carbocycles. The van der Waals surface area contributed by atoms with Gasteiger partial charge in [-0.3, -0.25) is 9.59 Å². The lowest BCUT2D eigenvalue weighted by Gasteiger charge is -2.08. The van der Waals surface area contributed by atoms with Gasteiger partial charge >= 0.3 is 0 Å². The quantitative estimate of drug-likeness (QED) is 0.498. The van der Waals surface area contributed by atoms with Crippen LogP contribution < -0.4 is 15.4 Å². The molecule has 3 aromatic carbocycles. The van der Waals surface area contributed by atoms with Crippen molar-refractivity contribution < 1.29 is 18.7 Å². The molecular formula is C24H23FN2O3S. The molecule has 0 atom stereocenters. The third-order valence-corrected chi connectivity index (χ3v) is 5.16. The number of thioether (sulfide) groups is 1. The lowest BCUT2D eigenvalue weighted by Crippen LogP contribution is -2.25. The van der Waals surface area contributed by atoms with Crippen LogP contribution in [0, 0.1) is 12.7 Å². The Hall–Kier alpha value is -3.32. The smallest absolute Gasteiger partial charge is 0.234 e. The normalized spacial score (nSPS) is 10.4.